The molecule has 0 saturated carbocycles. The van der Waals surface area contributed by atoms with Crippen molar-refractivity contribution in [1.82, 2.24) is 0 Å². The van der Waals surface area contributed by atoms with E-state index in [0.29, 0.717) is 0 Å². The zero-order chi connectivity index (χ0) is 21.9. The second-order valence-electron chi connectivity index (χ2n) is 7.36. The molecule has 0 N–H and O–H groups in total. The summed E-state index contributed by atoms with van der Waals surface area (Å²) in [5.74, 6) is 1.45. The van der Waals surface area contributed by atoms with E-state index in [9.17, 15) is 8.42 Å². The molecule has 0 aliphatic carbocycles. The molecule has 11 heteroatoms. The van der Waals surface area contributed by atoms with E-state index < -0.39 is 46.6 Å². The molecule has 0 unspecified atom stereocenters. The lowest BCUT2D eigenvalue weighted by Crippen LogP contribution is -2.45. The third-order valence-electron chi connectivity index (χ3n) is 4.64. The predicted octanol–water partition coefficient (Wildman–Crippen LogP) is 2.27. The second-order valence-corrected chi connectivity index (χ2v) is 8.94. The standard InChI is InChI=1S/C19H23N3O7S/c1-5-10-25-16-15(26-18-17(16)27-19(3,4)28-18)14(11-21-22-20)29-30(23,24)13-8-6-12(2)7-9-13/h1,6-9,14-18H,10-11H2,2-4H3/t14-,15-,16+,17-,18-/m1/s1. The molecule has 0 radical (unpaired) electrons. The molecule has 2 saturated heterocycles. The molecule has 162 valence electrons. The minimum absolute atomic E-state index is 0.0352. The molecule has 2 heterocycles. The third kappa shape index (κ3) is 4.94. The molecule has 0 bridgehead atoms. The number of ether oxygens (including phenoxy) is 4. The van der Waals surface area contributed by atoms with Gasteiger partial charge in [-0.1, -0.05) is 28.7 Å². The first kappa shape index (κ1) is 22.5. The van der Waals surface area contributed by atoms with Crippen molar-refractivity contribution in [3.05, 3.63) is 40.3 Å². The Labute approximate surface area is 175 Å². The van der Waals surface area contributed by atoms with Crippen LogP contribution in [0.1, 0.15) is 19.4 Å². The third-order valence-corrected chi connectivity index (χ3v) is 5.99. The summed E-state index contributed by atoms with van der Waals surface area (Å²) in [4.78, 5) is 2.67. The monoisotopic (exact) mass is 437 g/mol. The van der Waals surface area contributed by atoms with Gasteiger partial charge < -0.3 is 18.9 Å². The highest BCUT2D eigenvalue weighted by molar-refractivity contribution is 7.86. The van der Waals surface area contributed by atoms with Crippen molar-refractivity contribution in [2.24, 2.45) is 5.11 Å². The van der Waals surface area contributed by atoms with Gasteiger partial charge in [-0.25, -0.2) is 0 Å². The summed E-state index contributed by atoms with van der Waals surface area (Å²) in [6.07, 6.45) is 0.900. The average Bonchev–Trinajstić information content (AvgIpc) is 3.15. The van der Waals surface area contributed by atoms with Gasteiger partial charge in [0, 0.05) is 4.91 Å². The SMILES string of the molecule is C#CCO[C@@H]1[C@H]2OC(C)(C)O[C@H]2O[C@@H]1[C@@H](CN=[N+]=[N-])OS(=O)(=O)c1ccc(C)cc1. The van der Waals surface area contributed by atoms with Gasteiger partial charge in [0.1, 0.15) is 31.0 Å². The number of terminal acetylenes is 1. The Morgan fingerprint density at radius 2 is 2.03 bits per heavy atom. The molecule has 0 aromatic heterocycles. The molecule has 2 aliphatic heterocycles. The Hall–Kier alpha value is -2.16. The average molecular weight is 437 g/mol. The highest BCUT2D eigenvalue weighted by Crippen LogP contribution is 2.40. The predicted molar refractivity (Wildman–Crippen MR) is 105 cm³/mol. The van der Waals surface area contributed by atoms with E-state index in [1.54, 1.807) is 26.0 Å². The Bertz CT molecular complexity index is 951. The van der Waals surface area contributed by atoms with Crippen molar-refractivity contribution in [1.29, 1.82) is 0 Å². The molecule has 2 aliphatic rings. The lowest BCUT2D eigenvalue weighted by Gasteiger charge is -2.29. The van der Waals surface area contributed by atoms with Gasteiger partial charge in [0.25, 0.3) is 10.1 Å². The minimum Gasteiger partial charge on any atom is -0.360 e. The topological polar surface area (TPSA) is 129 Å². The van der Waals surface area contributed by atoms with Crippen LogP contribution in [0.5, 0.6) is 0 Å². The Balaban J connectivity index is 1.87. The van der Waals surface area contributed by atoms with Crippen LogP contribution in [0.15, 0.2) is 34.3 Å². The van der Waals surface area contributed by atoms with Crippen LogP contribution in [0, 0.1) is 19.3 Å². The first-order chi connectivity index (χ1) is 14.2. The van der Waals surface area contributed by atoms with E-state index in [1.807, 2.05) is 6.92 Å². The summed E-state index contributed by atoms with van der Waals surface area (Å²) in [7, 11) is -4.18. The van der Waals surface area contributed by atoms with Gasteiger partial charge in [-0.3, -0.25) is 4.18 Å². The normalized spacial score (nSPS) is 28.3. The van der Waals surface area contributed by atoms with Crippen LogP contribution >= 0.6 is 0 Å². The first-order valence-electron chi connectivity index (χ1n) is 9.24. The summed E-state index contributed by atoms with van der Waals surface area (Å²) < 4.78 is 54.1. The van der Waals surface area contributed by atoms with Crippen LogP contribution in [-0.4, -0.2) is 58.1 Å². The molecule has 0 amide bonds. The van der Waals surface area contributed by atoms with Gasteiger partial charge in [-0.05, 0) is 38.4 Å². The lowest BCUT2D eigenvalue weighted by atomic mass is 10.1. The number of rotatable bonds is 8. The fourth-order valence-electron chi connectivity index (χ4n) is 3.37. The van der Waals surface area contributed by atoms with E-state index in [-0.39, 0.29) is 18.0 Å². The maximum Gasteiger partial charge on any atom is 0.297 e. The first-order valence-corrected chi connectivity index (χ1v) is 10.6. The molecule has 3 rings (SSSR count). The molecule has 1 aromatic rings. The van der Waals surface area contributed by atoms with Crippen LogP contribution in [0.2, 0.25) is 0 Å². The molecule has 0 spiro atoms. The van der Waals surface area contributed by atoms with Gasteiger partial charge in [0.05, 0.1) is 11.4 Å². The van der Waals surface area contributed by atoms with Crippen LogP contribution in [0.25, 0.3) is 10.4 Å². The van der Waals surface area contributed by atoms with Gasteiger partial charge in [-0.2, -0.15) is 8.42 Å². The van der Waals surface area contributed by atoms with E-state index in [2.05, 4.69) is 15.9 Å². The van der Waals surface area contributed by atoms with E-state index in [1.165, 1.54) is 12.1 Å². The van der Waals surface area contributed by atoms with Crippen molar-refractivity contribution in [2.45, 2.75) is 62.2 Å². The van der Waals surface area contributed by atoms with E-state index in [4.69, 9.17) is 35.1 Å². The van der Waals surface area contributed by atoms with Gasteiger partial charge >= 0.3 is 0 Å². The fourth-order valence-corrected chi connectivity index (χ4v) is 4.44. The highest BCUT2D eigenvalue weighted by Gasteiger charge is 2.57. The second kappa shape index (κ2) is 8.91. The maximum atomic E-state index is 12.8. The smallest absolute Gasteiger partial charge is 0.297 e. The van der Waals surface area contributed by atoms with Crippen molar-refractivity contribution < 1.29 is 31.5 Å². The zero-order valence-electron chi connectivity index (χ0n) is 16.8. The van der Waals surface area contributed by atoms with E-state index in [0.717, 1.165) is 5.56 Å². The Morgan fingerprint density at radius 3 is 2.67 bits per heavy atom. The number of benzene rings is 1. The maximum absolute atomic E-state index is 12.8. The highest BCUT2D eigenvalue weighted by atomic mass is 32.2. The Morgan fingerprint density at radius 1 is 1.33 bits per heavy atom. The van der Waals surface area contributed by atoms with Crippen LogP contribution in [0.3, 0.4) is 0 Å². The summed E-state index contributed by atoms with van der Waals surface area (Å²) >= 11 is 0. The number of nitrogens with zero attached hydrogens (tertiary/aromatic N) is 3. The quantitative estimate of drug-likeness (QED) is 0.200. The number of azide groups is 1. The lowest BCUT2D eigenvalue weighted by molar-refractivity contribution is -0.226. The van der Waals surface area contributed by atoms with Crippen molar-refractivity contribution in [3.63, 3.8) is 0 Å². The molecule has 30 heavy (non-hydrogen) atoms. The number of hydrogen-bond donors (Lipinski definition) is 0. The number of aryl methyl sites for hydroxylation is 1. The summed E-state index contributed by atoms with van der Waals surface area (Å²) in [5, 5.41) is 3.48. The van der Waals surface area contributed by atoms with Crippen LogP contribution in [-0.2, 0) is 33.2 Å². The molecule has 10 nitrogen and oxygen atoms in total. The molecule has 5 atom stereocenters. The largest absolute Gasteiger partial charge is 0.360 e. The Kier molecular flexibility index (Phi) is 6.69. The zero-order valence-corrected chi connectivity index (χ0v) is 17.6. The number of fused-ring (bicyclic) bond motifs is 1. The van der Waals surface area contributed by atoms with Gasteiger partial charge in [0.2, 0.25) is 0 Å². The molecule has 1 aromatic carbocycles. The van der Waals surface area contributed by atoms with Crippen molar-refractivity contribution >= 4 is 10.1 Å². The van der Waals surface area contributed by atoms with Gasteiger partial charge in [0.15, 0.2) is 12.1 Å². The van der Waals surface area contributed by atoms with Crippen LogP contribution < -0.4 is 0 Å². The summed E-state index contributed by atoms with van der Waals surface area (Å²) in [6, 6.07) is 6.16. The molecular formula is C19H23N3O7S. The van der Waals surface area contributed by atoms with Crippen LogP contribution in [0.4, 0.5) is 0 Å². The summed E-state index contributed by atoms with van der Waals surface area (Å²) in [6.45, 7) is 4.90. The van der Waals surface area contributed by atoms with Crippen molar-refractivity contribution in [3.8, 4) is 12.3 Å². The summed E-state index contributed by atoms with van der Waals surface area (Å²) in [5.41, 5.74) is 9.64. The minimum atomic E-state index is -4.18. The van der Waals surface area contributed by atoms with Crippen molar-refractivity contribution in [2.75, 3.05) is 13.2 Å². The van der Waals surface area contributed by atoms with Gasteiger partial charge in [-0.15, -0.1) is 6.42 Å². The number of hydrogen-bond acceptors (Lipinski definition) is 8. The molecule has 2 fully saturated rings. The molecular weight excluding hydrogens is 414 g/mol. The van der Waals surface area contributed by atoms with E-state index >= 15 is 0 Å². The fraction of sp³-hybridized carbons (Fsp3) is 0.579.